The molecule has 2 aromatic rings. The van der Waals surface area contributed by atoms with Crippen LogP contribution in [0, 0.1) is 6.92 Å². The first-order valence-electron chi connectivity index (χ1n) is 5.25. The summed E-state index contributed by atoms with van der Waals surface area (Å²) >= 11 is 0. The Morgan fingerprint density at radius 3 is 2.67 bits per heavy atom. The van der Waals surface area contributed by atoms with Crippen molar-refractivity contribution in [2.45, 2.75) is 6.92 Å². The van der Waals surface area contributed by atoms with Gasteiger partial charge in [0.1, 0.15) is 0 Å². The van der Waals surface area contributed by atoms with E-state index < -0.39 is 11.9 Å². The fourth-order valence-electron chi connectivity index (χ4n) is 1.48. The quantitative estimate of drug-likeness (QED) is 0.879. The summed E-state index contributed by atoms with van der Waals surface area (Å²) in [5, 5.41) is 13.3. The normalized spacial score (nSPS) is 10.1. The van der Waals surface area contributed by atoms with Crippen molar-refractivity contribution in [3.8, 4) is 0 Å². The summed E-state index contributed by atoms with van der Waals surface area (Å²) in [4.78, 5) is 22.5. The lowest BCUT2D eigenvalue weighted by Gasteiger charge is -2.10. The van der Waals surface area contributed by atoms with Crippen LogP contribution in [0.2, 0.25) is 0 Å². The first-order valence-corrected chi connectivity index (χ1v) is 5.25. The summed E-state index contributed by atoms with van der Waals surface area (Å²) in [6, 6.07) is 7.49. The number of carboxylic acids is 1. The fourth-order valence-corrected chi connectivity index (χ4v) is 1.48. The molecular weight excluding hydrogens is 234 g/mol. The summed E-state index contributed by atoms with van der Waals surface area (Å²) in [6.45, 7) is 1.76. The molecule has 0 unspecified atom stereocenters. The molecule has 1 aromatic heterocycles. The van der Waals surface area contributed by atoms with E-state index in [4.69, 9.17) is 4.42 Å². The van der Waals surface area contributed by atoms with Gasteiger partial charge in [-0.25, -0.2) is 0 Å². The van der Waals surface area contributed by atoms with Crippen molar-refractivity contribution >= 4 is 17.6 Å². The van der Waals surface area contributed by atoms with Gasteiger partial charge in [-0.2, -0.15) is 0 Å². The Bertz CT molecular complexity index is 587. The van der Waals surface area contributed by atoms with E-state index in [-0.39, 0.29) is 11.3 Å². The molecule has 5 heteroatoms. The molecule has 1 heterocycles. The van der Waals surface area contributed by atoms with Crippen molar-refractivity contribution in [3.63, 3.8) is 0 Å². The van der Waals surface area contributed by atoms with Crippen LogP contribution in [-0.4, -0.2) is 11.9 Å². The Morgan fingerprint density at radius 2 is 2.06 bits per heavy atom. The van der Waals surface area contributed by atoms with E-state index in [2.05, 4.69) is 5.32 Å². The van der Waals surface area contributed by atoms with Crippen molar-refractivity contribution in [2.75, 3.05) is 5.32 Å². The van der Waals surface area contributed by atoms with Gasteiger partial charge in [0.05, 0.1) is 12.2 Å². The third-order valence-corrected chi connectivity index (χ3v) is 2.47. The second-order valence-corrected chi connectivity index (χ2v) is 3.75. The second-order valence-electron chi connectivity index (χ2n) is 3.75. The molecule has 0 saturated carbocycles. The average Bonchev–Trinajstić information content (AvgIpc) is 2.85. The molecule has 5 nitrogen and oxygen atoms in total. The highest BCUT2D eigenvalue weighted by Crippen LogP contribution is 2.17. The lowest BCUT2D eigenvalue weighted by Crippen LogP contribution is -2.22. The van der Waals surface area contributed by atoms with E-state index in [1.807, 2.05) is 0 Å². The highest BCUT2D eigenvalue weighted by Gasteiger charge is 2.10. The average molecular weight is 244 g/mol. The molecule has 2 rings (SSSR count). The highest BCUT2D eigenvalue weighted by molar-refractivity contribution is 6.03. The number of benzene rings is 1. The fraction of sp³-hybridized carbons (Fsp3) is 0.0769. The second kappa shape index (κ2) is 4.75. The molecule has 0 saturated heterocycles. The summed E-state index contributed by atoms with van der Waals surface area (Å²) < 4.78 is 4.94. The summed E-state index contributed by atoms with van der Waals surface area (Å²) in [5.74, 6) is -1.56. The van der Waals surface area contributed by atoms with Gasteiger partial charge in [-0.05, 0) is 36.2 Å². The molecule has 1 aromatic carbocycles. The van der Waals surface area contributed by atoms with E-state index in [9.17, 15) is 14.7 Å². The van der Waals surface area contributed by atoms with Crippen molar-refractivity contribution in [1.82, 2.24) is 0 Å². The maximum Gasteiger partial charge on any atom is 0.291 e. The smallest absolute Gasteiger partial charge is 0.291 e. The lowest BCUT2D eigenvalue weighted by atomic mass is 10.1. The number of carboxylic acid groups (broad SMARTS) is 1. The molecule has 0 atom stereocenters. The van der Waals surface area contributed by atoms with E-state index >= 15 is 0 Å². The van der Waals surface area contributed by atoms with Gasteiger partial charge in [0, 0.05) is 5.69 Å². The first kappa shape index (κ1) is 11.9. The van der Waals surface area contributed by atoms with Crippen LogP contribution in [0.5, 0.6) is 0 Å². The molecule has 0 aliphatic carbocycles. The number of furan rings is 1. The van der Waals surface area contributed by atoms with Crippen LogP contribution in [0.15, 0.2) is 41.0 Å². The largest absolute Gasteiger partial charge is 0.545 e. The third-order valence-electron chi connectivity index (χ3n) is 2.47. The number of aryl methyl sites for hydroxylation is 1. The van der Waals surface area contributed by atoms with Crippen molar-refractivity contribution in [2.24, 2.45) is 0 Å². The third kappa shape index (κ3) is 2.40. The SMILES string of the molecule is Cc1ccc(C(=O)[O-])cc1NC(=O)c1ccco1. The number of aromatic carboxylic acids is 1. The number of rotatable bonds is 3. The molecule has 0 bridgehead atoms. The Morgan fingerprint density at radius 1 is 1.28 bits per heavy atom. The van der Waals surface area contributed by atoms with E-state index in [1.54, 1.807) is 19.1 Å². The van der Waals surface area contributed by atoms with Crippen LogP contribution < -0.4 is 10.4 Å². The van der Waals surface area contributed by atoms with Gasteiger partial charge in [-0.3, -0.25) is 4.79 Å². The molecule has 18 heavy (non-hydrogen) atoms. The van der Waals surface area contributed by atoms with Crippen molar-refractivity contribution < 1.29 is 19.1 Å². The highest BCUT2D eigenvalue weighted by atomic mass is 16.4. The zero-order valence-corrected chi connectivity index (χ0v) is 9.60. The number of hydrogen-bond donors (Lipinski definition) is 1. The van der Waals surface area contributed by atoms with Crippen LogP contribution in [0.4, 0.5) is 5.69 Å². The molecule has 0 radical (unpaired) electrons. The molecule has 0 aliphatic rings. The number of carbonyl (C=O) groups excluding carboxylic acids is 2. The monoisotopic (exact) mass is 244 g/mol. The lowest BCUT2D eigenvalue weighted by molar-refractivity contribution is -0.255. The van der Waals surface area contributed by atoms with Gasteiger partial charge in [-0.1, -0.05) is 12.1 Å². The van der Waals surface area contributed by atoms with Crippen molar-refractivity contribution in [3.05, 3.63) is 53.5 Å². The Balaban J connectivity index is 2.26. The number of nitrogens with one attached hydrogen (secondary N) is 1. The minimum absolute atomic E-state index is 0.00958. The van der Waals surface area contributed by atoms with Crippen LogP contribution in [0.1, 0.15) is 26.5 Å². The van der Waals surface area contributed by atoms with E-state index in [0.717, 1.165) is 5.56 Å². The molecule has 92 valence electrons. The minimum atomic E-state index is -1.29. The molecule has 0 spiro atoms. The van der Waals surface area contributed by atoms with Crippen molar-refractivity contribution in [1.29, 1.82) is 0 Å². The number of hydrogen-bond acceptors (Lipinski definition) is 4. The van der Waals surface area contributed by atoms with E-state index in [1.165, 1.54) is 24.5 Å². The zero-order chi connectivity index (χ0) is 13.1. The standard InChI is InChI=1S/C13H11NO4/c1-8-4-5-9(13(16)17)7-10(8)14-12(15)11-3-2-6-18-11/h2-7H,1H3,(H,14,15)(H,16,17)/p-1. The molecule has 0 aliphatic heterocycles. The van der Waals surface area contributed by atoms with Gasteiger partial charge in [-0.15, -0.1) is 0 Å². The minimum Gasteiger partial charge on any atom is -0.545 e. The van der Waals surface area contributed by atoms with Gasteiger partial charge in [0.25, 0.3) is 5.91 Å². The van der Waals surface area contributed by atoms with Crippen LogP contribution in [0.3, 0.4) is 0 Å². The molecule has 1 N–H and O–H groups in total. The predicted molar refractivity (Wildman–Crippen MR) is 62.2 cm³/mol. The van der Waals surface area contributed by atoms with E-state index in [0.29, 0.717) is 5.69 Å². The molecule has 1 amide bonds. The molecule has 0 fully saturated rings. The van der Waals surface area contributed by atoms with Gasteiger partial charge in [0.2, 0.25) is 0 Å². The summed E-state index contributed by atoms with van der Waals surface area (Å²) in [7, 11) is 0. The summed E-state index contributed by atoms with van der Waals surface area (Å²) in [5.41, 5.74) is 1.17. The van der Waals surface area contributed by atoms with Gasteiger partial charge < -0.3 is 19.6 Å². The summed E-state index contributed by atoms with van der Waals surface area (Å²) in [6.07, 6.45) is 1.39. The number of amides is 1. The number of anilines is 1. The van der Waals surface area contributed by atoms with Gasteiger partial charge >= 0.3 is 0 Å². The first-order chi connectivity index (χ1) is 8.58. The zero-order valence-electron chi connectivity index (χ0n) is 9.60. The topological polar surface area (TPSA) is 82.4 Å². The Labute approximate surface area is 103 Å². The predicted octanol–water partition coefficient (Wildman–Crippen LogP) is 1.20. The number of carbonyl (C=O) groups is 2. The molecular formula is C13H10NO4-. The maximum atomic E-state index is 11.7. The van der Waals surface area contributed by atoms with Crippen LogP contribution >= 0.6 is 0 Å². The van der Waals surface area contributed by atoms with Crippen LogP contribution in [-0.2, 0) is 0 Å². The Kier molecular flexibility index (Phi) is 3.14. The van der Waals surface area contributed by atoms with Crippen LogP contribution in [0.25, 0.3) is 0 Å². The van der Waals surface area contributed by atoms with Gasteiger partial charge in [0.15, 0.2) is 5.76 Å². The maximum absolute atomic E-state index is 11.7. The Hall–Kier alpha value is -2.56.